The van der Waals surface area contributed by atoms with Gasteiger partial charge in [-0.2, -0.15) is 0 Å². The third-order valence-corrected chi connectivity index (χ3v) is 3.80. The number of hydrogen-bond acceptors (Lipinski definition) is 2. The Labute approximate surface area is 127 Å². The van der Waals surface area contributed by atoms with Crippen molar-refractivity contribution in [3.63, 3.8) is 0 Å². The van der Waals surface area contributed by atoms with Gasteiger partial charge in [-0.1, -0.05) is 48.9 Å². The highest BCUT2D eigenvalue weighted by Crippen LogP contribution is 2.16. The number of nitrogens with zero attached hydrogens (tertiary/aromatic N) is 1. The van der Waals surface area contributed by atoms with Gasteiger partial charge in [0.05, 0.1) is 6.54 Å². The fraction of sp³-hybridized carbons (Fsp3) is 0.316. The van der Waals surface area contributed by atoms with E-state index < -0.39 is 0 Å². The fourth-order valence-electron chi connectivity index (χ4n) is 2.33. The quantitative estimate of drug-likeness (QED) is 0.737. The highest BCUT2D eigenvalue weighted by molar-refractivity contribution is 5.99. The summed E-state index contributed by atoms with van der Waals surface area (Å²) in [5.41, 5.74) is 4.38. The summed E-state index contributed by atoms with van der Waals surface area (Å²) in [6.07, 6.45) is 0.999. The van der Waals surface area contributed by atoms with Crippen LogP contribution >= 0.6 is 0 Å². The molecule has 0 radical (unpaired) electrons. The van der Waals surface area contributed by atoms with Gasteiger partial charge in [-0.3, -0.25) is 4.79 Å². The third kappa shape index (κ3) is 3.94. The fourth-order valence-corrected chi connectivity index (χ4v) is 2.33. The van der Waals surface area contributed by atoms with Crippen molar-refractivity contribution in [2.75, 3.05) is 18.0 Å². The van der Waals surface area contributed by atoms with E-state index in [4.69, 9.17) is 0 Å². The molecule has 2 aromatic rings. The van der Waals surface area contributed by atoms with Crippen LogP contribution < -0.4 is 4.90 Å². The number of rotatable bonds is 6. The summed E-state index contributed by atoms with van der Waals surface area (Å²) in [7, 11) is 0. The molecule has 0 bridgehead atoms. The monoisotopic (exact) mass is 281 g/mol. The van der Waals surface area contributed by atoms with Crippen molar-refractivity contribution in [1.29, 1.82) is 0 Å². The molecule has 0 atom stereocenters. The average molecular weight is 281 g/mol. The predicted octanol–water partition coefficient (Wildman–Crippen LogP) is 4.27. The molecule has 21 heavy (non-hydrogen) atoms. The van der Waals surface area contributed by atoms with E-state index in [2.05, 4.69) is 49.9 Å². The molecule has 0 saturated carbocycles. The van der Waals surface area contributed by atoms with Crippen LogP contribution in [0, 0.1) is 6.92 Å². The molecule has 0 amide bonds. The van der Waals surface area contributed by atoms with E-state index in [-0.39, 0.29) is 5.78 Å². The minimum atomic E-state index is 0.167. The highest BCUT2D eigenvalue weighted by atomic mass is 16.1. The molecule has 0 aliphatic rings. The summed E-state index contributed by atoms with van der Waals surface area (Å²) < 4.78 is 0. The molecule has 0 aliphatic carbocycles. The zero-order valence-electron chi connectivity index (χ0n) is 13.1. The predicted molar refractivity (Wildman–Crippen MR) is 89.2 cm³/mol. The topological polar surface area (TPSA) is 20.3 Å². The molecule has 0 aliphatic heterocycles. The first-order valence-corrected chi connectivity index (χ1v) is 7.57. The van der Waals surface area contributed by atoms with Crippen molar-refractivity contribution < 1.29 is 4.79 Å². The molecule has 0 N–H and O–H groups in total. The Hall–Kier alpha value is -2.09. The normalized spacial score (nSPS) is 10.4. The van der Waals surface area contributed by atoms with Crippen molar-refractivity contribution in [2.45, 2.75) is 27.2 Å². The van der Waals surface area contributed by atoms with Crippen LogP contribution in [0.5, 0.6) is 0 Å². The van der Waals surface area contributed by atoms with Crippen molar-refractivity contribution in [2.24, 2.45) is 0 Å². The van der Waals surface area contributed by atoms with Gasteiger partial charge in [-0.25, -0.2) is 0 Å². The van der Waals surface area contributed by atoms with Crippen LogP contribution in [0.3, 0.4) is 0 Å². The first-order valence-electron chi connectivity index (χ1n) is 7.57. The van der Waals surface area contributed by atoms with E-state index in [1.807, 2.05) is 24.3 Å². The first-order chi connectivity index (χ1) is 10.1. The minimum Gasteiger partial charge on any atom is -0.364 e. The summed E-state index contributed by atoms with van der Waals surface area (Å²) in [5.74, 6) is 0.167. The van der Waals surface area contributed by atoms with Gasteiger partial charge in [-0.15, -0.1) is 0 Å². The maximum atomic E-state index is 12.4. The van der Waals surface area contributed by atoms with Gasteiger partial charge < -0.3 is 4.90 Å². The summed E-state index contributed by atoms with van der Waals surface area (Å²) in [6.45, 7) is 7.51. The molecule has 0 heterocycles. The van der Waals surface area contributed by atoms with Gasteiger partial charge in [-0.05, 0) is 38.0 Å². The smallest absolute Gasteiger partial charge is 0.182 e. The van der Waals surface area contributed by atoms with Crippen LogP contribution in [0.15, 0.2) is 48.5 Å². The molecule has 0 aromatic heterocycles. The Bertz CT molecular complexity index is 584. The molecular formula is C19H23NO. The lowest BCUT2D eigenvalue weighted by Crippen LogP contribution is -2.29. The van der Waals surface area contributed by atoms with Gasteiger partial charge in [0.2, 0.25) is 0 Å². The molecule has 2 nitrogen and oxygen atoms in total. The van der Waals surface area contributed by atoms with E-state index in [1.54, 1.807) is 0 Å². The maximum Gasteiger partial charge on any atom is 0.182 e. The van der Waals surface area contributed by atoms with Gasteiger partial charge in [0, 0.05) is 17.8 Å². The second kappa shape index (κ2) is 7.07. The molecule has 2 heteroatoms. The van der Waals surface area contributed by atoms with Crippen LogP contribution in [-0.4, -0.2) is 18.9 Å². The number of carbonyl (C=O) groups is 1. The van der Waals surface area contributed by atoms with Crippen LogP contribution in [-0.2, 0) is 6.42 Å². The lowest BCUT2D eigenvalue weighted by molar-refractivity contribution is 0.0999. The Kier molecular flexibility index (Phi) is 5.15. The number of hydrogen-bond donors (Lipinski definition) is 0. The molecule has 2 rings (SSSR count). The standard InChI is InChI=1S/C19H23NO/c1-4-16-8-10-17(11-9-16)19(21)14-20(5-2)18-12-6-15(3)7-13-18/h6-13H,4-5,14H2,1-3H3. The Morgan fingerprint density at radius 3 is 2.10 bits per heavy atom. The Morgan fingerprint density at radius 1 is 0.952 bits per heavy atom. The molecule has 110 valence electrons. The summed E-state index contributed by atoms with van der Waals surface area (Å²) >= 11 is 0. The zero-order chi connectivity index (χ0) is 15.2. The Balaban J connectivity index is 2.10. The Morgan fingerprint density at radius 2 is 1.57 bits per heavy atom. The van der Waals surface area contributed by atoms with Crippen LogP contribution in [0.25, 0.3) is 0 Å². The van der Waals surface area contributed by atoms with Crippen molar-refractivity contribution in [1.82, 2.24) is 0 Å². The van der Waals surface area contributed by atoms with Crippen LogP contribution in [0.4, 0.5) is 5.69 Å². The number of aryl methyl sites for hydroxylation is 2. The largest absolute Gasteiger partial charge is 0.364 e. The van der Waals surface area contributed by atoms with Crippen molar-refractivity contribution in [3.8, 4) is 0 Å². The van der Waals surface area contributed by atoms with Crippen LogP contribution in [0.1, 0.15) is 35.3 Å². The molecule has 0 unspecified atom stereocenters. The number of anilines is 1. The van der Waals surface area contributed by atoms with Gasteiger partial charge in [0.1, 0.15) is 0 Å². The highest BCUT2D eigenvalue weighted by Gasteiger charge is 2.11. The molecule has 0 saturated heterocycles. The average Bonchev–Trinajstić information content (AvgIpc) is 2.53. The number of Topliss-reactive ketones (excluding diaryl/α,β-unsaturated/α-hetero) is 1. The van der Waals surface area contributed by atoms with E-state index in [9.17, 15) is 4.79 Å². The van der Waals surface area contributed by atoms with E-state index >= 15 is 0 Å². The number of benzene rings is 2. The second-order valence-corrected chi connectivity index (χ2v) is 5.32. The van der Waals surface area contributed by atoms with Crippen molar-refractivity contribution >= 4 is 11.5 Å². The van der Waals surface area contributed by atoms with Crippen molar-refractivity contribution in [3.05, 3.63) is 65.2 Å². The number of carbonyl (C=O) groups excluding carboxylic acids is 1. The van der Waals surface area contributed by atoms with Gasteiger partial charge >= 0.3 is 0 Å². The summed E-state index contributed by atoms with van der Waals surface area (Å²) in [6, 6.07) is 16.3. The van der Waals surface area contributed by atoms with E-state index in [1.165, 1.54) is 11.1 Å². The third-order valence-electron chi connectivity index (χ3n) is 3.80. The van der Waals surface area contributed by atoms with Gasteiger partial charge in [0.15, 0.2) is 5.78 Å². The molecule has 0 fully saturated rings. The summed E-state index contributed by atoms with van der Waals surface area (Å²) in [4.78, 5) is 14.5. The van der Waals surface area contributed by atoms with E-state index in [0.29, 0.717) is 6.54 Å². The summed E-state index contributed by atoms with van der Waals surface area (Å²) in [5, 5.41) is 0. The number of ketones is 1. The SMILES string of the molecule is CCc1ccc(C(=O)CN(CC)c2ccc(C)cc2)cc1. The number of likely N-dealkylation sites (N-methyl/N-ethyl adjacent to an activating group) is 1. The van der Waals surface area contributed by atoms with E-state index in [0.717, 1.165) is 24.2 Å². The van der Waals surface area contributed by atoms with Crippen LogP contribution in [0.2, 0.25) is 0 Å². The first kappa shape index (κ1) is 15.3. The lowest BCUT2D eigenvalue weighted by Gasteiger charge is -2.22. The second-order valence-electron chi connectivity index (χ2n) is 5.32. The maximum absolute atomic E-state index is 12.4. The van der Waals surface area contributed by atoms with Gasteiger partial charge in [0.25, 0.3) is 0 Å². The zero-order valence-corrected chi connectivity index (χ0v) is 13.1. The lowest BCUT2D eigenvalue weighted by atomic mass is 10.1. The molecule has 0 spiro atoms. The minimum absolute atomic E-state index is 0.167. The molecule has 2 aromatic carbocycles. The molecular weight excluding hydrogens is 258 g/mol.